The highest BCUT2D eigenvalue weighted by molar-refractivity contribution is 5.65. The zero-order chi connectivity index (χ0) is 25.8. The van der Waals surface area contributed by atoms with E-state index in [-0.39, 0.29) is 0 Å². The quantitative estimate of drug-likeness (QED) is 0.205. The van der Waals surface area contributed by atoms with Crippen LogP contribution in [0.1, 0.15) is 44.5 Å². The van der Waals surface area contributed by atoms with Crippen molar-refractivity contribution in [3.05, 3.63) is 178 Å². The van der Waals surface area contributed by atoms with Crippen LogP contribution >= 0.6 is 0 Å². The minimum absolute atomic E-state index is 0.797. The summed E-state index contributed by atoms with van der Waals surface area (Å²) in [6, 6.07) is 43.8. The molecule has 0 unspecified atom stereocenters. The molecule has 0 saturated carbocycles. The van der Waals surface area contributed by atoms with Crippen LogP contribution in [0.5, 0.6) is 0 Å². The predicted molar refractivity (Wildman–Crippen MR) is 156 cm³/mol. The third-order valence-corrected chi connectivity index (χ3v) is 5.60. The van der Waals surface area contributed by atoms with Gasteiger partial charge in [-0.25, -0.2) is 0 Å². The van der Waals surface area contributed by atoms with E-state index < -0.39 is 0 Å². The van der Waals surface area contributed by atoms with Gasteiger partial charge in [0.25, 0.3) is 0 Å². The Morgan fingerprint density at radius 2 is 0.553 bits per heavy atom. The van der Waals surface area contributed by atoms with Gasteiger partial charge in [-0.15, -0.1) is 0 Å². The molecule has 174 valence electrons. The Hall–Kier alpha value is -5.66. The van der Waals surface area contributed by atoms with Crippen molar-refractivity contribution in [2.45, 2.75) is 0 Å². The third-order valence-electron chi connectivity index (χ3n) is 5.60. The van der Waals surface area contributed by atoms with Crippen LogP contribution in [0.4, 0.5) is 0 Å². The summed E-state index contributed by atoms with van der Waals surface area (Å²) in [5.41, 5.74) is 7.00. The van der Waals surface area contributed by atoms with Crippen LogP contribution in [0.15, 0.2) is 133 Å². The van der Waals surface area contributed by atoms with Crippen LogP contribution in [-0.2, 0) is 0 Å². The maximum absolute atomic E-state index is 3.37. The molecule has 0 atom stereocenters. The first-order valence-electron chi connectivity index (χ1n) is 12.3. The lowest BCUT2D eigenvalue weighted by Crippen LogP contribution is -1.94. The average molecular weight is 479 g/mol. The number of hydrogen-bond acceptors (Lipinski definition) is 0. The summed E-state index contributed by atoms with van der Waals surface area (Å²) >= 11 is 0. The second kappa shape index (κ2) is 12.3. The molecule has 5 aromatic carbocycles. The smallest absolute Gasteiger partial charge is 0.0563 e. The highest BCUT2D eigenvalue weighted by Gasteiger charge is 2.07. The van der Waals surface area contributed by atoms with E-state index in [1.54, 1.807) is 0 Å². The van der Waals surface area contributed by atoms with Crippen molar-refractivity contribution in [1.82, 2.24) is 0 Å². The molecule has 0 spiro atoms. The van der Waals surface area contributed by atoms with Gasteiger partial charge in [-0.05, 0) is 60.7 Å². The molecule has 38 heavy (non-hydrogen) atoms. The summed E-state index contributed by atoms with van der Waals surface area (Å²) in [6.45, 7) is 0. The van der Waals surface area contributed by atoms with Gasteiger partial charge in [0.1, 0.15) is 0 Å². The molecule has 0 radical (unpaired) electrons. The molecule has 0 heterocycles. The second-order valence-corrected chi connectivity index (χ2v) is 8.41. The largest absolute Gasteiger partial charge is 0.0622 e. The number of benzene rings is 5. The molecule has 0 nitrogen and oxygen atoms in total. The number of rotatable bonds is 0. The van der Waals surface area contributed by atoms with Crippen molar-refractivity contribution in [2.24, 2.45) is 0 Å². The summed E-state index contributed by atoms with van der Waals surface area (Å²) in [5, 5.41) is 0. The van der Waals surface area contributed by atoms with Crippen LogP contribution in [0.2, 0.25) is 0 Å². The van der Waals surface area contributed by atoms with Crippen molar-refractivity contribution < 1.29 is 0 Å². The van der Waals surface area contributed by atoms with Gasteiger partial charge in [0.2, 0.25) is 0 Å². The SMILES string of the molecule is C(#Cc1cc(C#Cc2ccccc2)c(C#Cc2ccccc2)c(C#Cc2ccccc2)c1)c1ccccc1. The van der Waals surface area contributed by atoms with Crippen LogP contribution in [0, 0.1) is 47.4 Å². The minimum atomic E-state index is 0.797. The van der Waals surface area contributed by atoms with E-state index in [9.17, 15) is 0 Å². The van der Waals surface area contributed by atoms with E-state index in [4.69, 9.17) is 0 Å². The lowest BCUT2D eigenvalue weighted by Gasteiger charge is -2.04. The van der Waals surface area contributed by atoms with E-state index in [2.05, 4.69) is 47.4 Å². The first kappa shape index (κ1) is 24.1. The van der Waals surface area contributed by atoms with Crippen LogP contribution < -0.4 is 0 Å². The Morgan fingerprint density at radius 3 is 0.921 bits per heavy atom. The molecule has 0 heteroatoms. The van der Waals surface area contributed by atoms with Gasteiger partial charge >= 0.3 is 0 Å². The Bertz CT molecular complexity index is 1700. The van der Waals surface area contributed by atoms with Crippen LogP contribution in [0.3, 0.4) is 0 Å². The van der Waals surface area contributed by atoms with Crippen molar-refractivity contribution in [3.63, 3.8) is 0 Å². The fraction of sp³-hybridized carbons (Fsp3) is 0. The van der Waals surface area contributed by atoms with E-state index in [1.165, 1.54) is 0 Å². The van der Waals surface area contributed by atoms with E-state index in [0.717, 1.165) is 44.5 Å². The molecule has 0 aliphatic carbocycles. The normalized spacial score (nSPS) is 9.26. The fourth-order valence-corrected chi connectivity index (χ4v) is 3.69. The predicted octanol–water partition coefficient (Wildman–Crippen LogP) is 7.29. The average Bonchev–Trinajstić information content (AvgIpc) is 2.99. The van der Waals surface area contributed by atoms with Gasteiger partial charge in [0.05, 0.1) is 5.56 Å². The molecule has 0 bridgehead atoms. The first-order valence-corrected chi connectivity index (χ1v) is 12.3. The van der Waals surface area contributed by atoms with Crippen LogP contribution in [0.25, 0.3) is 0 Å². The van der Waals surface area contributed by atoms with Crippen molar-refractivity contribution in [2.75, 3.05) is 0 Å². The number of hydrogen-bond donors (Lipinski definition) is 0. The highest BCUT2D eigenvalue weighted by Crippen LogP contribution is 2.17. The van der Waals surface area contributed by atoms with Crippen molar-refractivity contribution in [3.8, 4) is 47.4 Å². The summed E-state index contributed by atoms with van der Waals surface area (Å²) < 4.78 is 0. The first-order chi connectivity index (χ1) is 18.8. The summed E-state index contributed by atoms with van der Waals surface area (Å²) in [5.74, 6) is 26.5. The Balaban J connectivity index is 1.69. The van der Waals surface area contributed by atoms with E-state index >= 15 is 0 Å². The van der Waals surface area contributed by atoms with Gasteiger partial charge in [-0.2, -0.15) is 0 Å². The molecule has 5 aromatic rings. The second-order valence-electron chi connectivity index (χ2n) is 8.41. The zero-order valence-corrected chi connectivity index (χ0v) is 20.7. The lowest BCUT2D eigenvalue weighted by atomic mass is 9.97. The van der Waals surface area contributed by atoms with Gasteiger partial charge in [-0.1, -0.05) is 120 Å². The molecule has 0 aromatic heterocycles. The van der Waals surface area contributed by atoms with Crippen LogP contribution in [-0.4, -0.2) is 0 Å². The van der Waals surface area contributed by atoms with Gasteiger partial charge in [0.15, 0.2) is 0 Å². The molecule has 0 fully saturated rings. The molecule has 5 rings (SSSR count). The van der Waals surface area contributed by atoms with Crippen molar-refractivity contribution in [1.29, 1.82) is 0 Å². The Kier molecular flexibility index (Phi) is 7.81. The minimum Gasteiger partial charge on any atom is -0.0622 e. The molecule has 0 amide bonds. The summed E-state index contributed by atoms with van der Waals surface area (Å²) in [4.78, 5) is 0. The van der Waals surface area contributed by atoms with Crippen molar-refractivity contribution >= 4 is 0 Å². The summed E-state index contributed by atoms with van der Waals surface area (Å²) in [7, 11) is 0. The maximum Gasteiger partial charge on any atom is 0.0563 e. The van der Waals surface area contributed by atoms with E-state index in [1.807, 2.05) is 133 Å². The Labute approximate surface area is 225 Å². The molecular formula is C38H22. The molecule has 0 N–H and O–H groups in total. The molecule has 0 aliphatic heterocycles. The zero-order valence-electron chi connectivity index (χ0n) is 20.7. The molecular weight excluding hydrogens is 456 g/mol. The Morgan fingerprint density at radius 1 is 0.263 bits per heavy atom. The van der Waals surface area contributed by atoms with Gasteiger partial charge in [-0.3, -0.25) is 0 Å². The third kappa shape index (κ3) is 6.72. The maximum atomic E-state index is 3.37. The monoisotopic (exact) mass is 478 g/mol. The summed E-state index contributed by atoms with van der Waals surface area (Å²) in [6.07, 6.45) is 0. The molecule has 0 saturated heterocycles. The fourth-order valence-electron chi connectivity index (χ4n) is 3.69. The highest BCUT2D eigenvalue weighted by atomic mass is 14.1. The molecule has 0 aliphatic rings. The van der Waals surface area contributed by atoms with E-state index in [0.29, 0.717) is 0 Å². The standard InChI is InChI=1S/C38H22/c1-5-13-31(14-6-1)21-22-35-29-36(26-23-32-15-7-2-8-16-32)38(28-25-34-19-11-4-12-20-34)37(30-35)27-24-33-17-9-3-10-18-33/h1-20,29-30H. The topological polar surface area (TPSA) is 0 Å². The van der Waals surface area contributed by atoms with Gasteiger partial charge < -0.3 is 0 Å². The van der Waals surface area contributed by atoms with Gasteiger partial charge in [0, 0.05) is 38.9 Å². The lowest BCUT2D eigenvalue weighted by molar-refractivity contribution is 1.50.